The Labute approximate surface area is 127 Å². The average Bonchev–Trinajstić information content (AvgIpc) is 2.68. The van der Waals surface area contributed by atoms with E-state index < -0.39 is 17.5 Å². The normalized spacial score (nSPS) is 24.6. The van der Waals surface area contributed by atoms with Gasteiger partial charge in [-0.1, -0.05) is 17.7 Å². The van der Waals surface area contributed by atoms with E-state index >= 15 is 0 Å². The Bertz CT molecular complexity index is 578. The largest absolute Gasteiger partial charge is 0.478 e. The SMILES string of the molecule is CC1OCCC1(C)NC(=O)Nc1cccc(Cl)c1C(=O)O. The van der Waals surface area contributed by atoms with Crippen LogP contribution in [0.2, 0.25) is 5.02 Å². The third-order valence-corrected chi connectivity index (χ3v) is 4.08. The fourth-order valence-electron chi connectivity index (χ4n) is 2.26. The third kappa shape index (κ3) is 3.28. The van der Waals surface area contributed by atoms with E-state index in [1.807, 2.05) is 13.8 Å². The summed E-state index contributed by atoms with van der Waals surface area (Å²) in [6.07, 6.45) is 0.588. The summed E-state index contributed by atoms with van der Waals surface area (Å²) in [5, 5.41) is 14.6. The molecule has 1 aliphatic rings. The number of carbonyl (C=O) groups excluding carboxylic acids is 1. The van der Waals surface area contributed by atoms with Gasteiger partial charge in [0.05, 0.1) is 22.4 Å². The van der Waals surface area contributed by atoms with E-state index in [9.17, 15) is 9.59 Å². The molecule has 1 heterocycles. The molecule has 7 heteroatoms. The van der Waals surface area contributed by atoms with Crippen molar-refractivity contribution in [2.75, 3.05) is 11.9 Å². The maximum Gasteiger partial charge on any atom is 0.339 e. The highest BCUT2D eigenvalue weighted by Gasteiger charge is 2.38. The molecule has 6 nitrogen and oxygen atoms in total. The molecule has 0 aliphatic carbocycles. The summed E-state index contributed by atoms with van der Waals surface area (Å²) in [6, 6.07) is 4.04. The summed E-state index contributed by atoms with van der Waals surface area (Å²) in [5.41, 5.74) is -0.454. The lowest BCUT2D eigenvalue weighted by Crippen LogP contribution is -2.52. The van der Waals surface area contributed by atoms with Crippen LogP contribution in [0.15, 0.2) is 18.2 Å². The van der Waals surface area contributed by atoms with Crippen LogP contribution in [-0.4, -0.2) is 35.4 Å². The summed E-state index contributed by atoms with van der Waals surface area (Å²) in [5.74, 6) is -1.19. The summed E-state index contributed by atoms with van der Waals surface area (Å²) in [7, 11) is 0. The van der Waals surface area contributed by atoms with E-state index in [4.69, 9.17) is 21.4 Å². The molecule has 1 fully saturated rings. The number of carboxylic acid groups (broad SMARTS) is 1. The number of halogens is 1. The second-order valence-electron chi connectivity index (χ2n) is 5.23. The zero-order valence-corrected chi connectivity index (χ0v) is 12.5. The molecule has 1 aromatic carbocycles. The van der Waals surface area contributed by atoms with Crippen LogP contribution in [-0.2, 0) is 4.74 Å². The van der Waals surface area contributed by atoms with Crippen molar-refractivity contribution >= 4 is 29.3 Å². The number of hydrogen-bond acceptors (Lipinski definition) is 3. The second kappa shape index (κ2) is 5.91. The fourth-order valence-corrected chi connectivity index (χ4v) is 2.51. The molecule has 0 radical (unpaired) electrons. The quantitative estimate of drug-likeness (QED) is 0.800. The van der Waals surface area contributed by atoms with E-state index in [1.165, 1.54) is 12.1 Å². The highest BCUT2D eigenvalue weighted by atomic mass is 35.5. The van der Waals surface area contributed by atoms with Gasteiger partial charge in [0.2, 0.25) is 0 Å². The van der Waals surface area contributed by atoms with Crippen LogP contribution in [0.5, 0.6) is 0 Å². The van der Waals surface area contributed by atoms with Crippen molar-refractivity contribution in [1.29, 1.82) is 0 Å². The van der Waals surface area contributed by atoms with Crippen LogP contribution < -0.4 is 10.6 Å². The van der Waals surface area contributed by atoms with E-state index in [2.05, 4.69) is 10.6 Å². The van der Waals surface area contributed by atoms with Crippen LogP contribution in [0.1, 0.15) is 30.6 Å². The first-order valence-corrected chi connectivity index (χ1v) is 6.94. The van der Waals surface area contributed by atoms with Crippen molar-refractivity contribution in [1.82, 2.24) is 5.32 Å². The molecule has 3 N–H and O–H groups in total. The third-order valence-electron chi connectivity index (χ3n) is 3.76. The first-order chi connectivity index (χ1) is 9.83. The van der Waals surface area contributed by atoms with Crippen molar-refractivity contribution in [2.24, 2.45) is 0 Å². The Kier molecular flexibility index (Phi) is 4.39. The summed E-state index contributed by atoms with van der Waals surface area (Å²) >= 11 is 5.86. The monoisotopic (exact) mass is 312 g/mol. The molecule has 0 aromatic heterocycles. The number of urea groups is 1. The zero-order chi connectivity index (χ0) is 15.6. The van der Waals surface area contributed by atoms with Gasteiger partial charge in [-0.05, 0) is 32.4 Å². The first-order valence-electron chi connectivity index (χ1n) is 6.56. The van der Waals surface area contributed by atoms with E-state index in [0.29, 0.717) is 13.0 Å². The van der Waals surface area contributed by atoms with Gasteiger partial charge >= 0.3 is 12.0 Å². The van der Waals surface area contributed by atoms with Gasteiger partial charge in [-0.25, -0.2) is 9.59 Å². The van der Waals surface area contributed by atoms with Gasteiger partial charge in [0, 0.05) is 6.61 Å². The molecule has 2 unspecified atom stereocenters. The Hall–Kier alpha value is -1.79. The van der Waals surface area contributed by atoms with E-state index in [1.54, 1.807) is 6.07 Å². The number of anilines is 1. The minimum atomic E-state index is -1.19. The highest BCUT2D eigenvalue weighted by molar-refractivity contribution is 6.34. The molecule has 2 amide bonds. The minimum Gasteiger partial charge on any atom is -0.478 e. The van der Waals surface area contributed by atoms with Gasteiger partial charge < -0.3 is 20.5 Å². The Morgan fingerprint density at radius 2 is 2.19 bits per heavy atom. The molecule has 1 aromatic rings. The molecule has 21 heavy (non-hydrogen) atoms. The lowest BCUT2D eigenvalue weighted by molar-refractivity contribution is 0.0698. The summed E-state index contributed by atoms with van der Waals surface area (Å²) < 4.78 is 5.44. The first kappa shape index (κ1) is 15.6. The van der Waals surface area contributed by atoms with Crippen LogP contribution in [0.4, 0.5) is 10.5 Å². The molecule has 1 saturated heterocycles. The van der Waals surface area contributed by atoms with Gasteiger partial charge in [0.15, 0.2) is 0 Å². The molecule has 0 spiro atoms. The van der Waals surface area contributed by atoms with Crippen LogP contribution >= 0.6 is 11.6 Å². The highest BCUT2D eigenvalue weighted by Crippen LogP contribution is 2.27. The number of nitrogens with one attached hydrogen (secondary N) is 2. The molecular weight excluding hydrogens is 296 g/mol. The number of aromatic carboxylic acids is 1. The van der Waals surface area contributed by atoms with Gasteiger partial charge in [0.25, 0.3) is 0 Å². The summed E-state index contributed by atoms with van der Waals surface area (Å²) in [4.78, 5) is 23.3. The number of hydrogen-bond donors (Lipinski definition) is 3. The van der Waals surface area contributed by atoms with Crippen molar-refractivity contribution in [3.63, 3.8) is 0 Å². The van der Waals surface area contributed by atoms with Crippen molar-refractivity contribution in [3.05, 3.63) is 28.8 Å². The van der Waals surface area contributed by atoms with Crippen molar-refractivity contribution in [2.45, 2.75) is 31.9 Å². The van der Waals surface area contributed by atoms with E-state index in [0.717, 1.165) is 0 Å². The number of ether oxygens (including phenoxy) is 1. The van der Waals surface area contributed by atoms with Gasteiger partial charge in [-0.2, -0.15) is 0 Å². The van der Waals surface area contributed by atoms with E-state index in [-0.39, 0.29) is 22.4 Å². The molecule has 2 atom stereocenters. The molecule has 0 saturated carbocycles. The maximum absolute atomic E-state index is 12.1. The topological polar surface area (TPSA) is 87.7 Å². The molecule has 1 aliphatic heterocycles. The van der Waals surface area contributed by atoms with Crippen molar-refractivity contribution < 1.29 is 19.4 Å². The number of carbonyl (C=O) groups is 2. The second-order valence-corrected chi connectivity index (χ2v) is 5.63. The Morgan fingerprint density at radius 1 is 1.48 bits per heavy atom. The minimum absolute atomic E-state index is 0.0732. The van der Waals surface area contributed by atoms with Gasteiger partial charge in [-0.3, -0.25) is 0 Å². The number of carboxylic acids is 1. The fraction of sp³-hybridized carbons (Fsp3) is 0.429. The molecule has 2 rings (SSSR count). The maximum atomic E-state index is 12.1. The zero-order valence-electron chi connectivity index (χ0n) is 11.8. The average molecular weight is 313 g/mol. The van der Waals surface area contributed by atoms with Gasteiger partial charge in [-0.15, -0.1) is 0 Å². The number of rotatable bonds is 3. The standard InChI is InChI=1S/C14H17ClN2O4/c1-8-14(2,6-7-21-8)17-13(20)16-10-5-3-4-9(15)11(10)12(18)19/h3-5,8H,6-7H2,1-2H3,(H,18,19)(H2,16,17,20). The lowest BCUT2D eigenvalue weighted by atomic mass is 9.95. The summed E-state index contributed by atoms with van der Waals surface area (Å²) in [6.45, 7) is 4.35. The van der Waals surface area contributed by atoms with Crippen LogP contribution in [0.25, 0.3) is 0 Å². The number of benzene rings is 1. The van der Waals surface area contributed by atoms with Gasteiger partial charge in [0.1, 0.15) is 5.56 Å². The van der Waals surface area contributed by atoms with Crippen molar-refractivity contribution in [3.8, 4) is 0 Å². The number of amides is 2. The van der Waals surface area contributed by atoms with Crippen LogP contribution in [0, 0.1) is 0 Å². The Morgan fingerprint density at radius 3 is 2.76 bits per heavy atom. The smallest absolute Gasteiger partial charge is 0.339 e. The Balaban J connectivity index is 2.14. The lowest BCUT2D eigenvalue weighted by Gasteiger charge is -2.29. The van der Waals surface area contributed by atoms with Crippen LogP contribution in [0.3, 0.4) is 0 Å². The predicted octanol–water partition coefficient (Wildman–Crippen LogP) is 2.73. The molecular formula is C14H17ClN2O4. The predicted molar refractivity (Wildman–Crippen MR) is 79.0 cm³/mol. The molecule has 114 valence electrons. The molecule has 0 bridgehead atoms.